The molecule has 1 aliphatic carbocycles. The fourth-order valence-electron chi connectivity index (χ4n) is 4.53. The molecule has 2 aliphatic rings. The molecule has 33 heavy (non-hydrogen) atoms. The molecule has 1 fully saturated rings. The zero-order valence-electron chi connectivity index (χ0n) is 18.5. The minimum atomic E-state index is 0.0919. The van der Waals surface area contributed by atoms with Crippen molar-refractivity contribution in [1.29, 1.82) is 0 Å². The molecule has 0 radical (unpaired) electrons. The first-order valence-corrected chi connectivity index (χ1v) is 11.3. The second-order valence-electron chi connectivity index (χ2n) is 8.33. The van der Waals surface area contributed by atoms with E-state index in [1.165, 1.54) is 5.56 Å². The lowest BCUT2D eigenvalue weighted by atomic mass is 9.82. The van der Waals surface area contributed by atoms with Gasteiger partial charge in [0.15, 0.2) is 5.78 Å². The molecule has 1 aromatic carbocycles. The maximum Gasteiger partial charge on any atom is 0.227 e. The first-order valence-electron chi connectivity index (χ1n) is 11.3. The third-order valence-electron chi connectivity index (χ3n) is 6.20. The number of benzene rings is 1. The van der Waals surface area contributed by atoms with Crippen molar-refractivity contribution in [1.82, 2.24) is 19.9 Å². The van der Waals surface area contributed by atoms with Crippen LogP contribution >= 0.6 is 0 Å². The van der Waals surface area contributed by atoms with Crippen LogP contribution < -0.4 is 15.1 Å². The second kappa shape index (κ2) is 9.36. The Morgan fingerprint density at radius 2 is 1.64 bits per heavy atom. The summed E-state index contributed by atoms with van der Waals surface area (Å²) in [6, 6.07) is 12.0. The van der Waals surface area contributed by atoms with Crippen molar-refractivity contribution in [3.8, 4) is 0 Å². The molecule has 3 aromatic rings. The van der Waals surface area contributed by atoms with Crippen molar-refractivity contribution in [2.75, 3.05) is 47.8 Å². The van der Waals surface area contributed by atoms with E-state index in [2.05, 4.69) is 43.8 Å². The van der Waals surface area contributed by atoms with Crippen LogP contribution in [0.2, 0.25) is 0 Å². The average molecular weight is 442 g/mol. The Labute approximate surface area is 193 Å². The quantitative estimate of drug-likeness (QED) is 0.584. The smallest absolute Gasteiger partial charge is 0.227 e. The number of nitrogens with one attached hydrogen (secondary N) is 1. The number of hydrogen-bond donors (Lipinski definition) is 1. The van der Waals surface area contributed by atoms with E-state index < -0.39 is 0 Å². The average Bonchev–Trinajstić information content (AvgIpc) is 2.88. The molecule has 168 valence electrons. The van der Waals surface area contributed by atoms with Crippen LogP contribution in [0.4, 0.5) is 17.7 Å². The molecule has 3 heterocycles. The highest BCUT2D eigenvalue weighted by Gasteiger charge is 2.32. The number of piperazine rings is 1. The minimum Gasteiger partial charge on any atom is -0.366 e. The molecule has 0 amide bonds. The third-order valence-corrected chi connectivity index (χ3v) is 6.20. The van der Waals surface area contributed by atoms with Crippen LogP contribution in [0.1, 0.15) is 34.0 Å². The Kier molecular flexibility index (Phi) is 5.97. The summed E-state index contributed by atoms with van der Waals surface area (Å²) in [4.78, 5) is 35.9. The molecule has 0 spiro atoms. The number of carbonyl (C=O) groups excluding carboxylic acids is 1. The van der Waals surface area contributed by atoms with Crippen LogP contribution in [0.15, 0.2) is 61.4 Å². The largest absolute Gasteiger partial charge is 0.366 e. The summed E-state index contributed by atoms with van der Waals surface area (Å²) >= 11 is 0. The Hall–Kier alpha value is -3.81. The lowest BCUT2D eigenvalue weighted by molar-refractivity contribution is 0.0963. The van der Waals surface area contributed by atoms with Gasteiger partial charge in [-0.05, 0) is 24.0 Å². The highest BCUT2D eigenvalue weighted by atomic mass is 16.1. The molecular weight excluding hydrogens is 414 g/mol. The van der Waals surface area contributed by atoms with E-state index in [0.29, 0.717) is 30.3 Å². The van der Waals surface area contributed by atoms with Crippen LogP contribution in [0.25, 0.3) is 0 Å². The summed E-state index contributed by atoms with van der Waals surface area (Å²) < 4.78 is 0. The summed E-state index contributed by atoms with van der Waals surface area (Å²) in [5.74, 6) is 2.24. The van der Waals surface area contributed by atoms with Crippen molar-refractivity contribution in [3.63, 3.8) is 0 Å². The molecule has 2 aromatic heterocycles. The SMILES string of the molecule is C=CCNc1nc(N2CCN(c3ncccn3)CC2)nc2c1C(=O)CC(c1ccccc1)C2. The lowest BCUT2D eigenvalue weighted by Gasteiger charge is -2.35. The van der Waals surface area contributed by atoms with E-state index in [1.54, 1.807) is 18.5 Å². The van der Waals surface area contributed by atoms with Crippen LogP contribution in [0.5, 0.6) is 0 Å². The number of anilines is 3. The van der Waals surface area contributed by atoms with Crippen molar-refractivity contribution >= 4 is 23.5 Å². The van der Waals surface area contributed by atoms with Gasteiger partial charge in [0.25, 0.3) is 0 Å². The van der Waals surface area contributed by atoms with Crippen LogP contribution in [0.3, 0.4) is 0 Å². The lowest BCUT2D eigenvalue weighted by Crippen LogP contribution is -2.48. The van der Waals surface area contributed by atoms with Crippen LogP contribution in [-0.4, -0.2) is 58.4 Å². The number of rotatable bonds is 6. The number of nitrogens with zero attached hydrogens (tertiary/aromatic N) is 6. The van der Waals surface area contributed by atoms with E-state index in [9.17, 15) is 4.79 Å². The van der Waals surface area contributed by atoms with Gasteiger partial charge in [0.1, 0.15) is 5.82 Å². The summed E-state index contributed by atoms with van der Waals surface area (Å²) in [7, 11) is 0. The summed E-state index contributed by atoms with van der Waals surface area (Å²) in [6.07, 6.45) is 6.49. The van der Waals surface area contributed by atoms with Crippen molar-refractivity contribution in [2.45, 2.75) is 18.8 Å². The molecule has 1 N–H and O–H groups in total. The molecule has 5 rings (SSSR count). The Morgan fingerprint density at radius 3 is 2.33 bits per heavy atom. The molecule has 1 saturated heterocycles. The molecule has 0 bridgehead atoms. The Balaban J connectivity index is 1.42. The molecule has 8 heteroatoms. The van der Waals surface area contributed by atoms with E-state index >= 15 is 0 Å². The maximum atomic E-state index is 13.2. The predicted molar refractivity (Wildman–Crippen MR) is 129 cm³/mol. The summed E-state index contributed by atoms with van der Waals surface area (Å²) in [6.45, 7) is 7.41. The van der Waals surface area contributed by atoms with Gasteiger partial charge in [0, 0.05) is 51.5 Å². The first-order chi connectivity index (χ1) is 16.2. The van der Waals surface area contributed by atoms with E-state index in [0.717, 1.165) is 44.2 Å². The van der Waals surface area contributed by atoms with Gasteiger partial charge in [-0.15, -0.1) is 6.58 Å². The van der Waals surface area contributed by atoms with Crippen molar-refractivity contribution < 1.29 is 4.79 Å². The van der Waals surface area contributed by atoms with Gasteiger partial charge in [-0.1, -0.05) is 36.4 Å². The fourth-order valence-corrected chi connectivity index (χ4v) is 4.53. The predicted octanol–water partition coefficient (Wildman–Crippen LogP) is 3.10. The summed E-state index contributed by atoms with van der Waals surface area (Å²) in [5, 5.41) is 3.27. The topological polar surface area (TPSA) is 87.1 Å². The highest BCUT2D eigenvalue weighted by Crippen LogP contribution is 2.35. The monoisotopic (exact) mass is 441 g/mol. The van der Waals surface area contributed by atoms with Crippen molar-refractivity contribution in [3.05, 3.63) is 78.3 Å². The minimum absolute atomic E-state index is 0.0919. The molecule has 1 atom stereocenters. The van der Waals surface area contributed by atoms with Gasteiger partial charge in [-0.25, -0.2) is 15.0 Å². The van der Waals surface area contributed by atoms with E-state index in [4.69, 9.17) is 9.97 Å². The zero-order chi connectivity index (χ0) is 22.6. The van der Waals surface area contributed by atoms with E-state index in [1.807, 2.05) is 24.3 Å². The Morgan fingerprint density at radius 1 is 0.939 bits per heavy atom. The van der Waals surface area contributed by atoms with Crippen molar-refractivity contribution in [2.24, 2.45) is 0 Å². The molecular formula is C25H27N7O. The number of hydrogen-bond acceptors (Lipinski definition) is 8. The highest BCUT2D eigenvalue weighted by molar-refractivity contribution is 6.03. The van der Waals surface area contributed by atoms with Crippen LogP contribution in [-0.2, 0) is 6.42 Å². The maximum absolute atomic E-state index is 13.2. The Bertz CT molecular complexity index is 1130. The normalized spacial score (nSPS) is 18.1. The molecule has 1 aliphatic heterocycles. The molecule has 0 saturated carbocycles. The first kappa shape index (κ1) is 21.1. The van der Waals surface area contributed by atoms with Gasteiger partial charge < -0.3 is 15.1 Å². The number of Topliss-reactive ketones (excluding diaryl/α,β-unsaturated/α-hetero) is 1. The molecule has 1 unspecified atom stereocenters. The van der Waals surface area contributed by atoms with Gasteiger partial charge in [0.2, 0.25) is 11.9 Å². The van der Waals surface area contributed by atoms with Crippen LogP contribution in [0, 0.1) is 0 Å². The standard InChI is InChI=1S/C25H27N7O/c1-2-9-26-23-22-20(16-19(17-21(22)33)18-7-4-3-5-8-18)29-25(30-23)32-14-12-31(13-15-32)24-27-10-6-11-28-24/h2-8,10-11,19H,1,9,12-17H2,(H,26,29,30). The van der Waals surface area contributed by atoms with Gasteiger partial charge >= 0.3 is 0 Å². The number of aromatic nitrogens is 4. The zero-order valence-corrected chi connectivity index (χ0v) is 18.5. The molecule has 8 nitrogen and oxygen atoms in total. The number of ketones is 1. The van der Waals surface area contributed by atoms with Gasteiger partial charge in [0.05, 0.1) is 11.3 Å². The van der Waals surface area contributed by atoms with E-state index in [-0.39, 0.29) is 11.7 Å². The second-order valence-corrected chi connectivity index (χ2v) is 8.33. The number of carbonyl (C=O) groups is 1. The van der Waals surface area contributed by atoms with Gasteiger partial charge in [-0.3, -0.25) is 4.79 Å². The number of fused-ring (bicyclic) bond motifs is 1. The van der Waals surface area contributed by atoms with Gasteiger partial charge in [-0.2, -0.15) is 4.98 Å². The summed E-state index contributed by atoms with van der Waals surface area (Å²) in [5.41, 5.74) is 2.63. The fraction of sp³-hybridized carbons (Fsp3) is 0.320. The third kappa shape index (κ3) is 4.41.